The van der Waals surface area contributed by atoms with Gasteiger partial charge in [0, 0.05) is 24.7 Å². The summed E-state index contributed by atoms with van der Waals surface area (Å²) in [6.07, 6.45) is 9.26. The molecule has 18 heavy (non-hydrogen) atoms. The van der Waals surface area contributed by atoms with Crippen LogP contribution in [0, 0.1) is 0 Å². The monoisotopic (exact) mass is 254 g/mol. The predicted molar refractivity (Wildman–Crippen MR) is 81.1 cm³/mol. The van der Waals surface area contributed by atoms with Gasteiger partial charge in [0.1, 0.15) is 0 Å². The van der Waals surface area contributed by atoms with E-state index in [4.69, 9.17) is 0 Å². The van der Waals surface area contributed by atoms with Crippen molar-refractivity contribution in [1.29, 1.82) is 0 Å². The van der Waals surface area contributed by atoms with Gasteiger partial charge in [-0.15, -0.1) is 0 Å². The molecule has 1 saturated heterocycles. The fourth-order valence-electron chi connectivity index (χ4n) is 3.21. The van der Waals surface area contributed by atoms with Crippen molar-refractivity contribution >= 4 is 0 Å². The zero-order chi connectivity index (χ0) is 13.4. The molecule has 0 spiro atoms. The Morgan fingerprint density at radius 1 is 1.06 bits per heavy atom. The number of piperazine rings is 1. The van der Waals surface area contributed by atoms with Crippen molar-refractivity contribution in [3.8, 4) is 0 Å². The van der Waals surface area contributed by atoms with Gasteiger partial charge in [-0.2, -0.15) is 0 Å². The molecule has 0 aromatic rings. The molecule has 1 heterocycles. The number of unbranched alkanes of at least 4 members (excludes halogenated alkanes) is 2. The Balaban J connectivity index is 2.57. The highest BCUT2D eigenvalue weighted by atomic mass is 15.2. The number of rotatable bonds is 8. The maximum atomic E-state index is 3.85. The van der Waals surface area contributed by atoms with E-state index in [0.717, 1.165) is 6.04 Å². The zero-order valence-corrected chi connectivity index (χ0v) is 13.1. The lowest BCUT2D eigenvalue weighted by Gasteiger charge is -2.47. The molecule has 1 unspecified atom stereocenters. The van der Waals surface area contributed by atoms with Crippen molar-refractivity contribution in [2.24, 2.45) is 0 Å². The van der Waals surface area contributed by atoms with Crippen LogP contribution in [0.4, 0.5) is 0 Å². The normalized spacial score (nSPS) is 24.3. The van der Waals surface area contributed by atoms with Gasteiger partial charge in [-0.05, 0) is 32.2 Å². The second kappa shape index (κ2) is 8.16. The van der Waals surface area contributed by atoms with E-state index >= 15 is 0 Å². The molecule has 0 bridgehead atoms. The average Bonchev–Trinajstić information content (AvgIpc) is 2.41. The Labute approximate surface area is 115 Å². The quantitative estimate of drug-likeness (QED) is 0.663. The third kappa shape index (κ3) is 4.24. The Morgan fingerprint density at radius 2 is 1.78 bits per heavy atom. The molecule has 2 nitrogen and oxygen atoms in total. The number of hydrogen-bond acceptors (Lipinski definition) is 2. The molecule has 0 amide bonds. The van der Waals surface area contributed by atoms with Crippen LogP contribution in [-0.2, 0) is 0 Å². The first-order chi connectivity index (χ1) is 8.71. The maximum absolute atomic E-state index is 3.85. The number of nitrogens with one attached hydrogen (secondary N) is 1. The first-order valence-corrected chi connectivity index (χ1v) is 8.20. The van der Waals surface area contributed by atoms with Crippen molar-refractivity contribution in [1.82, 2.24) is 10.2 Å². The molecule has 0 aromatic carbocycles. The minimum atomic E-state index is 0.385. The molecular weight excluding hydrogens is 220 g/mol. The Kier molecular flexibility index (Phi) is 7.25. The van der Waals surface area contributed by atoms with Crippen LogP contribution in [0.2, 0.25) is 0 Å². The van der Waals surface area contributed by atoms with Gasteiger partial charge in [-0.1, -0.05) is 47.0 Å². The van der Waals surface area contributed by atoms with E-state index in [1.807, 2.05) is 0 Å². The third-order valence-corrected chi connectivity index (χ3v) is 4.76. The maximum Gasteiger partial charge on any atom is 0.0304 e. The standard InChI is InChI=1S/C16H34N2/c1-5-9-10-12-18-14-16(7-3,8-4)17-13-15(18)11-6-2/h15,17H,5-14H2,1-4H3. The SMILES string of the molecule is CCCCCN1CC(CC)(CC)NCC1CCC. The molecule has 1 fully saturated rings. The fourth-order valence-corrected chi connectivity index (χ4v) is 3.21. The summed E-state index contributed by atoms with van der Waals surface area (Å²) in [6, 6.07) is 0.776. The highest BCUT2D eigenvalue weighted by molar-refractivity contribution is 4.96. The fraction of sp³-hybridized carbons (Fsp3) is 1.00. The highest BCUT2D eigenvalue weighted by Gasteiger charge is 2.35. The molecule has 1 atom stereocenters. The van der Waals surface area contributed by atoms with Crippen LogP contribution in [0.5, 0.6) is 0 Å². The van der Waals surface area contributed by atoms with Gasteiger partial charge in [0.05, 0.1) is 0 Å². The lowest BCUT2D eigenvalue weighted by molar-refractivity contribution is 0.0665. The smallest absolute Gasteiger partial charge is 0.0304 e. The van der Waals surface area contributed by atoms with Crippen molar-refractivity contribution in [3.63, 3.8) is 0 Å². The van der Waals surface area contributed by atoms with Crippen LogP contribution in [0.3, 0.4) is 0 Å². The Morgan fingerprint density at radius 3 is 2.33 bits per heavy atom. The number of hydrogen-bond donors (Lipinski definition) is 1. The van der Waals surface area contributed by atoms with Crippen molar-refractivity contribution in [2.45, 2.75) is 84.2 Å². The van der Waals surface area contributed by atoms with Gasteiger partial charge in [-0.3, -0.25) is 4.90 Å². The van der Waals surface area contributed by atoms with E-state index in [2.05, 4.69) is 37.9 Å². The second-order valence-electron chi connectivity index (χ2n) is 5.99. The lowest BCUT2D eigenvalue weighted by atomic mass is 9.87. The summed E-state index contributed by atoms with van der Waals surface area (Å²) in [6.45, 7) is 13.0. The van der Waals surface area contributed by atoms with Crippen LogP contribution in [0.15, 0.2) is 0 Å². The van der Waals surface area contributed by atoms with Crippen LogP contribution in [0.25, 0.3) is 0 Å². The van der Waals surface area contributed by atoms with E-state index in [1.165, 1.54) is 64.6 Å². The molecule has 108 valence electrons. The van der Waals surface area contributed by atoms with Gasteiger partial charge in [-0.25, -0.2) is 0 Å². The molecule has 0 radical (unpaired) electrons. The van der Waals surface area contributed by atoms with E-state index in [1.54, 1.807) is 0 Å². The Bertz CT molecular complexity index is 211. The molecule has 1 aliphatic heterocycles. The van der Waals surface area contributed by atoms with E-state index in [-0.39, 0.29) is 0 Å². The minimum Gasteiger partial charge on any atom is -0.308 e. The molecule has 1 N–H and O–H groups in total. The minimum absolute atomic E-state index is 0.385. The summed E-state index contributed by atoms with van der Waals surface area (Å²) in [5.74, 6) is 0. The van der Waals surface area contributed by atoms with Crippen LogP contribution >= 0.6 is 0 Å². The average molecular weight is 254 g/mol. The van der Waals surface area contributed by atoms with E-state index < -0.39 is 0 Å². The van der Waals surface area contributed by atoms with Crippen LogP contribution in [-0.4, -0.2) is 36.1 Å². The largest absolute Gasteiger partial charge is 0.308 e. The molecule has 0 saturated carbocycles. The van der Waals surface area contributed by atoms with Gasteiger partial charge >= 0.3 is 0 Å². The predicted octanol–water partition coefficient (Wildman–Crippen LogP) is 3.81. The first kappa shape index (κ1) is 16.0. The van der Waals surface area contributed by atoms with Crippen molar-refractivity contribution < 1.29 is 0 Å². The summed E-state index contributed by atoms with van der Waals surface area (Å²) in [5, 5.41) is 3.85. The van der Waals surface area contributed by atoms with Crippen molar-refractivity contribution in [2.75, 3.05) is 19.6 Å². The molecule has 2 heteroatoms. The van der Waals surface area contributed by atoms with E-state index in [9.17, 15) is 0 Å². The topological polar surface area (TPSA) is 15.3 Å². The summed E-state index contributed by atoms with van der Waals surface area (Å²) >= 11 is 0. The molecule has 0 aromatic heterocycles. The molecular formula is C16H34N2. The molecule has 1 aliphatic rings. The van der Waals surface area contributed by atoms with Crippen LogP contribution in [0.1, 0.15) is 72.6 Å². The first-order valence-electron chi connectivity index (χ1n) is 8.20. The summed E-state index contributed by atoms with van der Waals surface area (Å²) in [4.78, 5) is 2.78. The molecule has 0 aliphatic carbocycles. The van der Waals surface area contributed by atoms with Crippen LogP contribution < -0.4 is 5.32 Å². The summed E-state index contributed by atoms with van der Waals surface area (Å²) in [5.41, 5.74) is 0.385. The van der Waals surface area contributed by atoms with Gasteiger partial charge < -0.3 is 5.32 Å². The zero-order valence-electron chi connectivity index (χ0n) is 13.1. The summed E-state index contributed by atoms with van der Waals surface area (Å²) in [7, 11) is 0. The lowest BCUT2D eigenvalue weighted by Crippen LogP contribution is -2.63. The Hall–Kier alpha value is -0.0800. The second-order valence-corrected chi connectivity index (χ2v) is 5.99. The van der Waals surface area contributed by atoms with Crippen molar-refractivity contribution in [3.05, 3.63) is 0 Å². The third-order valence-electron chi connectivity index (χ3n) is 4.76. The van der Waals surface area contributed by atoms with Gasteiger partial charge in [0.2, 0.25) is 0 Å². The number of nitrogens with zero attached hydrogens (tertiary/aromatic N) is 1. The molecule has 1 rings (SSSR count). The van der Waals surface area contributed by atoms with E-state index in [0.29, 0.717) is 5.54 Å². The van der Waals surface area contributed by atoms with Gasteiger partial charge in [0.25, 0.3) is 0 Å². The summed E-state index contributed by atoms with van der Waals surface area (Å²) < 4.78 is 0. The highest BCUT2D eigenvalue weighted by Crippen LogP contribution is 2.24. The van der Waals surface area contributed by atoms with Gasteiger partial charge in [0.15, 0.2) is 0 Å².